The van der Waals surface area contributed by atoms with E-state index in [2.05, 4.69) is 120 Å². The number of Topliss-reactive ketones (excluding diaryl/α,β-unsaturated/α-hetero) is 2. The summed E-state index contributed by atoms with van der Waals surface area (Å²) in [5.74, 6) is 1.76. The normalized spacial score (nSPS) is 23.6. The lowest BCUT2D eigenvalue weighted by molar-refractivity contribution is 0.0891. The lowest BCUT2D eigenvalue weighted by Gasteiger charge is -2.34. The summed E-state index contributed by atoms with van der Waals surface area (Å²) >= 11 is 0. The lowest BCUT2D eigenvalue weighted by Crippen LogP contribution is -2.28. The van der Waals surface area contributed by atoms with Crippen molar-refractivity contribution < 1.29 is 9.59 Å². The molecule has 0 N–H and O–H groups in total. The van der Waals surface area contributed by atoms with Gasteiger partial charge in [0, 0.05) is 44.5 Å². The van der Waals surface area contributed by atoms with Gasteiger partial charge in [-0.1, -0.05) is 84.9 Å². The minimum absolute atomic E-state index is 0.122. The number of aromatic nitrogens is 1. The summed E-state index contributed by atoms with van der Waals surface area (Å²) in [7, 11) is 0. The molecule has 0 atom stereocenters. The van der Waals surface area contributed by atoms with Crippen molar-refractivity contribution in [1.82, 2.24) is 4.40 Å². The molecule has 2 saturated carbocycles. The quantitative estimate of drug-likeness (QED) is 0.180. The van der Waals surface area contributed by atoms with Gasteiger partial charge in [0.1, 0.15) is 0 Å². The first-order valence-electron chi connectivity index (χ1n) is 20.3. The number of ketones is 2. The molecule has 7 aliphatic rings. The molecule has 0 amide bonds. The molecule has 3 heteroatoms. The van der Waals surface area contributed by atoms with Crippen molar-refractivity contribution in [2.45, 2.75) is 68.6 Å². The molecule has 3 nitrogen and oxygen atoms in total. The number of hydrogen-bond donors (Lipinski definition) is 0. The largest absolute Gasteiger partial charge is 0.308 e. The van der Waals surface area contributed by atoms with E-state index in [9.17, 15) is 9.59 Å². The molecular weight excluding hydrogens is 659 g/mol. The van der Waals surface area contributed by atoms with Crippen LogP contribution >= 0.6 is 0 Å². The van der Waals surface area contributed by atoms with E-state index in [4.69, 9.17) is 0 Å². The van der Waals surface area contributed by atoms with Crippen molar-refractivity contribution in [3.05, 3.63) is 160 Å². The molecule has 260 valence electrons. The first-order valence-corrected chi connectivity index (χ1v) is 20.3. The van der Waals surface area contributed by atoms with Crippen LogP contribution in [-0.2, 0) is 5.41 Å². The molecule has 2 aromatic heterocycles. The zero-order valence-electron chi connectivity index (χ0n) is 30.2. The fraction of sp³-hybridized carbons (Fsp3) is 0.255. The van der Waals surface area contributed by atoms with Crippen molar-refractivity contribution >= 4 is 49.7 Å². The molecule has 6 aromatic carbocycles. The van der Waals surface area contributed by atoms with Gasteiger partial charge in [0.25, 0.3) is 0 Å². The van der Waals surface area contributed by atoms with Crippen LogP contribution in [0.5, 0.6) is 0 Å². The number of fused-ring (bicyclic) bond motifs is 14. The van der Waals surface area contributed by atoms with Crippen molar-refractivity contribution in [2.75, 3.05) is 0 Å². The smallest absolute Gasteiger partial charge is 0.166 e. The number of carbonyl (C=O) groups is 2. The number of nitrogens with zero attached hydrogens (tertiary/aromatic N) is 1. The van der Waals surface area contributed by atoms with Crippen molar-refractivity contribution in [1.29, 1.82) is 0 Å². The van der Waals surface area contributed by atoms with Gasteiger partial charge in [-0.15, -0.1) is 0 Å². The number of benzene rings is 6. The zero-order chi connectivity index (χ0) is 35.4. The minimum atomic E-state index is -0.561. The van der Waals surface area contributed by atoms with Crippen molar-refractivity contribution in [3.63, 3.8) is 0 Å². The van der Waals surface area contributed by atoms with Gasteiger partial charge in [0.15, 0.2) is 11.6 Å². The Morgan fingerprint density at radius 3 is 1.56 bits per heavy atom. The Balaban J connectivity index is 1.27. The molecule has 0 aliphatic heterocycles. The zero-order valence-corrected chi connectivity index (χ0v) is 30.2. The number of hydrogen-bond acceptors (Lipinski definition) is 2. The van der Waals surface area contributed by atoms with Crippen LogP contribution in [0.15, 0.2) is 115 Å². The molecule has 0 saturated heterocycles. The highest BCUT2D eigenvalue weighted by atomic mass is 16.1. The standard InChI is InChI=1S/C51H39NO2/c53-49-30-19-15-28(16-20-30)35-23-37-39-25-38-34-13-7-8-14-43(34)51(32-9-3-1-4-10-32,33-11-5-2-6-12-33)47(38)46-42-24-36-29-17-21-31(22-18-29)50(54)41(36)27-45(42)52(48(39)46)44(37)26-40(35)49/h1-14,23-31H,15-22H2. The van der Waals surface area contributed by atoms with Crippen molar-refractivity contribution in [2.24, 2.45) is 11.8 Å². The maximum absolute atomic E-state index is 14.3. The monoisotopic (exact) mass is 697 g/mol. The number of rotatable bonds is 2. The van der Waals surface area contributed by atoms with E-state index in [1.54, 1.807) is 0 Å². The van der Waals surface area contributed by atoms with E-state index in [-0.39, 0.29) is 11.8 Å². The Morgan fingerprint density at radius 2 is 0.963 bits per heavy atom. The van der Waals surface area contributed by atoms with Gasteiger partial charge in [-0.2, -0.15) is 0 Å². The van der Waals surface area contributed by atoms with Gasteiger partial charge in [-0.05, 0) is 138 Å². The second kappa shape index (κ2) is 10.4. The molecule has 0 radical (unpaired) electrons. The van der Waals surface area contributed by atoms with Crippen LogP contribution in [0.1, 0.15) is 117 Å². The average Bonchev–Trinajstić information content (AvgIpc) is 3.71. The van der Waals surface area contributed by atoms with Gasteiger partial charge in [-0.3, -0.25) is 9.59 Å². The molecule has 15 rings (SSSR count). The highest BCUT2D eigenvalue weighted by Gasteiger charge is 2.49. The van der Waals surface area contributed by atoms with Gasteiger partial charge in [-0.25, -0.2) is 0 Å². The third-order valence-corrected chi connectivity index (χ3v) is 14.9. The Bertz CT molecular complexity index is 2900. The topological polar surface area (TPSA) is 38.5 Å². The van der Waals surface area contributed by atoms with Crippen LogP contribution in [0.4, 0.5) is 0 Å². The molecule has 8 aromatic rings. The van der Waals surface area contributed by atoms with E-state index < -0.39 is 5.41 Å². The van der Waals surface area contributed by atoms with Gasteiger partial charge < -0.3 is 4.40 Å². The van der Waals surface area contributed by atoms with E-state index in [0.717, 1.165) is 73.5 Å². The predicted octanol–water partition coefficient (Wildman–Crippen LogP) is 12.1. The highest BCUT2D eigenvalue weighted by molar-refractivity contribution is 6.28. The van der Waals surface area contributed by atoms with Gasteiger partial charge in [0.05, 0.1) is 22.0 Å². The van der Waals surface area contributed by atoms with E-state index in [1.807, 2.05) is 0 Å². The minimum Gasteiger partial charge on any atom is -0.308 e. The Morgan fingerprint density at radius 1 is 0.463 bits per heavy atom. The first kappa shape index (κ1) is 29.9. The summed E-state index contributed by atoms with van der Waals surface area (Å²) in [5.41, 5.74) is 14.9. The molecule has 0 unspecified atom stereocenters. The summed E-state index contributed by atoms with van der Waals surface area (Å²) in [6.07, 6.45) is 8.33. The molecule has 2 heterocycles. The van der Waals surface area contributed by atoms with Crippen LogP contribution in [0.25, 0.3) is 49.2 Å². The Kier molecular flexibility index (Phi) is 5.73. The maximum atomic E-state index is 14.3. The first-order chi connectivity index (χ1) is 26.6. The van der Waals surface area contributed by atoms with Gasteiger partial charge in [0.2, 0.25) is 0 Å². The lowest BCUT2D eigenvalue weighted by atomic mass is 9.66. The fourth-order valence-electron chi connectivity index (χ4n) is 12.5. The fourth-order valence-corrected chi connectivity index (χ4v) is 12.5. The van der Waals surface area contributed by atoms with Crippen LogP contribution in [0.3, 0.4) is 0 Å². The molecular formula is C51H39NO2. The van der Waals surface area contributed by atoms with Crippen LogP contribution < -0.4 is 0 Å². The summed E-state index contributed by atoms with van der Waals surface area (Å²) in [4.78, 5) is 28.5. The summed E-state index contributed by atoms with van der Waals surface area (Å²) < 4.78 is 2.47. The van der Waals surface area contributed by atoms with E-state index >= 15 is 0 Å². The summed E-state index contributed by atoms with van der Waals surface area (Å²) in [6, 6.07) is 43.2. The third-order valence-electron chi connectivity index (χ3n) is 14.9. The molecule has 7 aliphatic carbocycles. The van der Waals surface area contributed by atoms with E-state index in [0.29, 0.717) is 23.4 Å². The third kappa shape index (κ3) is 3.51. The number of carbonyl (C=O) groups excluding carboxylic acids is 2. The van der Waals surface area contributed by atoms with Crippen LogP contribution in [0.2, 0.25) is 0 Å². The Hall–Kier alpha value is -5.54. The Labute approximate surface area is 314 Å². The second-order valence-electron chi connectivity index (χ2n) is 17.2. The highest BCUT2D eigenvalue weighted by Crippen LogP contribution is 2.61. The maximum Gasteiger partial charge on any atom is 0.166 e. The summed E-state index contributed by atoms with van der Waals surface area (Å²) in [5, 5.41) is 5.00. The molecule has 54 heavy (non-hydrogen) atoms. The predicted molar refractivity (Wildman–Crippen MR) is 216 cm³/mol. The second-order valence-corrected chi connectivity index (χ2v) is 17.2. The molecule has 0 spiro atoms. The van der Waals surface area contributed by atoms with Gasteiger partial charge >= 0.3 is 0 Å². The molecule has 4 bridgehead atoms. The van der Waals surface area contributed by atoms with Crippen LogP contribution in [-0.4, -0.2) is 16.0 Å². The van der Waals surface area contributed by atoms with Crippen LogP contribution in [0, 0.1) is 11.8 Å². The summed E-state index contributed by atoms with van der Waals surface area (Å²) in [6.45, 7) is 0. The average molecular weight is 698 g/mol. The SMILES string of the molecule is O=C1c2cc3c(cc2C2CCC1CC2)c1cc2c(c4c5cc6c(cc5n3c14)C(=O)C1CCC6CC1)C(c1ccccc1)(c1ccccc1)c1ccccc1-2. The van der Waals surface area contributed by atoms with E-state index in [1.165, 1.54) is 71.6 Å². The molecule has 2 fully saturated rings. The van der Waals surface area contributed by atoms with Crippen molar-refractivity contribution in [3.8, 4) is 11.1 Å².